The Labute approximate surface area is 61.8 Å². The number of carbonyl (C=O) groups is 1. The number of hydrogen-bond acceptors (Lipinski definition) is 3. The van der Waals surface area contributed by atoms with Crippen LogP contribution in [0.1, 0.15) is 5.56 Å². The molecule has 0 bridgehead atoms. The molecule has 1 heterocycles. The molecule has 0 amide bonds. The van der Waals surface area contributed by atoms with Gasteiger partial charge < -0.3 is 14.8 Å². The lowest BCUT2D eigenvalue weighted by atomic mass is 10.4. The smallest absolute Gasteiger partial charge is 0.449 e. The van der Waals surface area contributed by atoms with Gasteiger partial charge in [-0.15, -0.1) is 0 Å². The lowest BCUT2D eigenvalue weighted by Gasteiger charge is -1.90. The van der Waals surface area contributed by atoms with Crippen molar-refractivity contribution < 1.29 is 14.6 Å². The zero-order valence-corrected chi connectivity index (χ0v) is 5.37. The number of nitriles is 1. The number of nitrogens with one attached hydrogen (secondary N) is 1. The monoisotopic (exact) mass is 152 g/mol. The van der Waals surface area contributed by atoms with Crippen LogP contribution in [0.5, 0.6) is 5.88 Å². The third-order valence-electron chi connectivity index (χ3n) is 0.983. The minimum Gasteiger partial charge on any atom is -0.449 e. The molecule has 5 heteroatoms. The first-order valence-corrected chi connectivity index (χ1v) is 2.71. The van der Waals surface area contributed by atoms with Crippen molar-refractivity contribution in [1.82, 2.24) is 4.98 Å². The quantitative estimate of drug-likeness (QED) is 0.586. The van der Waals surface area contributed by atoms with Crippen molar-refractivity contribution >= 4 is 6.16 Å². The molecule has 56 valence electrons. The second-order valence-electron chi connectivity index (χ2n) is 1.73. The Hall–Kier alpha value is -1.96. The zero-order valence-electron chi connectivity index (χ0n) is 5.37. The fourth-order valence-electron chi connectivity index (χ4n) is 0.591. The van der Waals surface area contributed by atoms with Crippen LogP contribution in [-0.4, -0.2) is 16.2 Å². The van der Waals surface area contributed by atoms with E-state index in [1.807, 2.05) is 6.07 Å². The Morgan fingerprint density at radius 3 is 3.00 bits per heavy atom. The van der Waals surface area contributed by atoms with Gasteiger partial charge in [0.05, 0.1) is 5.56 Å². The molecular formula is C6H4N2O3. The minimum atomic E-state index is -1.41. The average molecular weight is 152 g/mol. The van der Waals surface area contributed by atoms with Crippen molar-refractivity contribution in [3.63, 3.8) is 0 Å². The first kappa shape index (κ1) is 7.15. The van der Waals surface area contributed by atoms with Gasteiger partial charge in [0.1, 0.15) is 6.07 Å². The molecule has 0 unspecified atom stereocenters. The van der Waals surface area contributed by atoms with Crippen molar-refractivity contribution in [1.29, 1.82) is 5.26 Å². The average Bonchev–Trinajstić information content (AvgIpc) is 2.34. The van der Waals surface area contributed by atoms with Crippen LogP contribution in [0.3, 0.4) is 0 Å². The van der Waals surface area contributed by atoms with Crippen LogP contribution in [0.15, 0.2) is 12.3 Å². The van der Waals surface area contributed by atoms with E-state index in [0.717, 1.165) is 0 Å². The summed E-state index contributed by atoms with van der Waals surface area (Å²) in [4.78, 5) is 12.4. The van der Waals surface area contributed by atoms with E-state index in [2.05, 4.69) is 9.72 Å². The Bertz CT molecular complexity index is 310. The van der Waals surface area contributed by atoms with Crippen LogP contribution in [0.2, 0.25) is 0 Å². The predicted octanol–water partition coefficient (Wildman–Crippen LogP) is 0.943. The number of rotatable bonds is 1. The van der Waals surface area contributed by atoms with Gasteiger partial charge in [-0.05, 0) is 0 Å². The number of ether oxygens (including phenoxy) is 1. The van der Waals surface area contributed by atoms with E-state index in [1.165, 1.54) is 12.3 Å². The van der Waals surface area contributed by atoms with Gasteiger partial charge >= 0.3 is 6.16 Å². The van der Waals surface area contributed by atoms with Crippen molar-refractivity contribution in [2.45, 2.75) is 0 Å². The highest BCUT2D eigenvalue weighted by Crippen LogP contribution is 2.09. The Kier molecular flexibility index (Phi) is 1.79. The van der Waals surface area contributed by atoms with Gasteiger partial charge in [-0.3, -0.25) is 0 Å². The summed E-state index contributed by atoms with van der Waals surface area (Å²) in [5.74, 6) is 0.0500. The molecule has 0 aliphatic carbocycles. The molecule has 5 nitrogen and oxygen atoms in total. The van der Waals surface area contributed by atoms with Crippen LogP contribution >= 0.6 is 0 Å². The van der Waals surface area contributed by atoms with Crippen LogP contribution in [0.4, 0.5) is 4.79 Å². The molecule has 0 spiro atoms. The molecule has 2 N–H and O–H groups in total. The fourth-order valence-corrected chi connectivity index (χ4v) is 0.591. The number of carboxylic acid groups (broad SMARTS) is 1. The zero-order chi connectivity index (χ0) is 8.27. The number of hydrogen-bond donors (Lipinski definition) is 2. The van der Waals surface area contributed by atoms with Crippen molar-refractivity contribution in [2.24, 2.45) is 0 Å². The van der Waals surface area contributed by atoms with E-state index >= 15 is 0 Å². The lowest BCUT2D eigenvalue weighted by molar-refractivity contribution is 0.143. The first-order chi connectivity index (χ1) is 5.22. The lowest BCUT2D eigenvalue weighted by Crippen LogP contribution is -2.02. The second-order valence-corrected chi connectivity index (χ2v) is 1.73. The Morgan fingerprint density at radius 2 is 2.55 bits per heavy atom. The number of aromatic nitrogens is 1. The second kappa shape index (κ2) is 2.75. The molecule has 0 atom stereocenters. The summed E-state index contributed by atoms with van der Waals surface area (Å²) in [6, 6.07) is 3.12. The minimum absolute atomic E-state index is 0.0500. The topological polar surface area (TPSA) is 86.1 Å². The Balaban J connectivity index is 2.75. The summed E-state index contributed by atoms with van der Waals surface area (Å²) >= 11 is 0. The highest BCUT2D eigenvalue weighted by atomic mass is 16.7. The summed E-state index contributed by atoms with van der Waals surface area (Å²) in [5.41, 5.74) is 0.334. The summed E-state index contributed by atoms with van der Waals surface area (Å²) in [6.45, 7) is 0. The van der Waals surface area contributed by atoms with E-state index in [1.54, 1.807) is 0 Å². The third kappa shape index (κ3) is 1.72. The molecule has 0 fully saturated rings. The standard InChI is InChI=1S/C6H4N2O3/c7-2-4-1-5(8-3-4)11-6(9)10/h1,3,8H,(H,9,10). The van der Waals surface area contributed by atoms with Gasteiger partial charge in [0.25, 0.3) is 0 Å². The number of aromatic amines is 1. The summed E-state index contributed by atoms with van der Waals surface area (Å²) < 4.78 is 4.21. The molecule has 0 radical (unpaired) electrons. The Morgan fingerprint density at radius 1 is 1.82 bits per heavy atom. The van der Waals surface area contributed by atoms with E-state index in [4.69, 9.17) is 10.4 Å². The van der Waals surface area contributed by atoms with Gasteiger partial charge in [-0.1, -0.05) is 0 Å². The normalized spacial score (nSPS) is 8.64. The molecule has 0 aromatic carbocycles. The van der Waals surface area contributed by atoms with Gasteiger partial charge in [0.15, 0.2) is 0 Å². The summed E-state index contributed by atoms with van der Waals surface area (Å²) in [5, 5.41) is 16.4. The third-order valence-corrected chi connectivity index (χ3v) is 0.983. The fraction of sp³-hybridized carbons (Fsp3) is 0. The maximum absolute atomic E-state index is 9.94. The molecule has 0 aliphatic heterocycles. The van der Waals surface area contributed by atoms with Gasteiger partial charge in [0.2, 0.25) is 5.88 Å². The molecule has 1 aromatic heterocycles. The van der Waals surface area contributed by atoms with Crippen LogP contribution in [-0.2, 0) is 0 Å². The van der Waals surface area contributed by atoms with E-state index < -0.39 is 6.16 Å². The highest BCUT2D eigenvalue weighted by molar-refractivity contribution is 5.60. The molecule has 11 heavy (non-hydrogen) atoms. The highest BCUT2D eigenvalue weighted by Gasteiger charge is 2.02. The van der Waals surface area contributed by atoms with Crippen LogP contribution < -0.4 is 4.74 Å². The SMILES string of the molecule is N#Cc1c[nH]c(OC(=O)O)c1. The van der Waals surface area contributed by atoms with Crippen molar-refractivity contribution in [3.8, 4) is 11.9 Å². The summed E-state index contributed by atoms with van der Waals surface area (Å²) in [7, 11) is 0. The van der Waals surface area contributed by atoms with E-state index in [-0.39, 0.29) is 5.88 Å². The van der Waals surface area contributed by atoms with E-state index in [0.29, 0.717) is 5.56 Å². The van der Waals surface area contributed by atoms with Crippen molar-refractivity contribution in [2.75, 3.05) is 0 Å². The molecular weight excluding hydrogens is 148 g/mol. The molecule has 1 aromatic rings. The van der Waals surface area contributed by atoms with Crippen LogP contribution in [0.25, 0.3) is 0 Å². The van der Waals surface area contributed by atoms with Gasteiger partial charge in [-0.2, -0.15) is 5.26 Å². The van der Waals surface area contributed by atoms with Crippen LogP contribution in [0, 0.1) is 11.3 Å². The molecule has 0 saturated carbocycles. The predicted molar refractivity (Wildman–Crippen MR) is 34.2 cm³/mol. The molecule has 1 rings (SSSR count). The van der Waals surface area contributed by atoms with Crippen molar-refractivity contribution in [3.05, 3.63) is 17.8 Å². The van der Waals surface area contributed by atoms with E-state index in [9.17, 15) is 4.79 Å². The van der Waals surface area contributed by atoms with Gasteiger partial charge in [0, 0.05) is 12.3 Å². The number of nitrogens with zero attached hydrogens (tertiary/aromatic N) is 1. The first-order valence-electron chi connectivity index (χ1n) is 2.71. The molecule has 0 saturated heterocycles. The summed E-state index contributed by atoms with van der Waals surface area (Å²) in [6.07, 6.45) is -0.0468. The molecule has 0 aliphatic rings. The largest absolute Gasteiger partial charge is 0.512 e. The number of H-pyrrole nitrogens is 1. The maximum Gasteiger partial charge on any atom is 0.512 e. The maximum atomic E-state index is 9.94. The van der Waals surface area contributed by atoms with Gasteiger partial charge in [-0.25, -0.2) is 4.79 Å².